The predicted octanol–water partition coefficient (Wildman–Crippen LogP) is 9.66. The number of esters is 1. The lowest BCUT2D eigenvalue weighted by molar-refractivity contribution is -0.157. The molecule has 1 aliphatic carbocycles. The molecule has 0 bridgehead atoms. The molecule has 3 amide bonds. The van der Waals surface area contributed by atoms with Crippen LogP contribution < -0.4 is 16.0 Å². The van der Waals surface area contributed by atoms with Crippen molar-refractivity contribution in [1.29, 1.82) is 0 Å². The number of anilines is 2. The summed E-state index contributed by atoms with van der Waals surface area (Å²) in [5, 5.41) is 19.3. The Labute approximate surface area is 445 Å². The highest BCUT2D eigenvalue weighted by molar-refractivity contribution is 5.90. The van der Waals surface area contributed by atoms with Crippen LogP contribution in [0.15, 0.2) is 30.5 Å². The highest BCUT2D eigenvalue weighted by Crippen LogP contribution is 2.27. The Morgan fingerprint density at radius 2 is 1.35 bits per heavy atom. The minimum Gasteiger partial charge on any atom is -0.458 e. The quantitative estimate of drug-likeness (QED) is 0.0594. The fourth-order valence-electron chi connectivity index (χ4n) is 9.07. The number of nitrogens with one attached hydrogen (secondary N) is 3. The molecule has 2 aromatic heterocycles. The van der Waals surface area contributed by atoms with Crippen molar-refractivity contribution in [1.82, 2.24) is 45.0 Å². The summed E-state index contributed by atoms with van der Waals surface area (Å²) in [6.45, 7) is 26.5. The SMILES string of the molecule is CC(C)(C)OC(=O)N[C@@H](CCC(=O)CCCN1CCC(Nc2nc(NCc3cn(CCCN(CCCN(C(=O)OC(C)(C)C)C4CCCCC4)C(=O)OC(C)(C)C)nn3)nc3ccccc23)CC1)C(=O)OC(C)(C)C. The molecule has 418 valence electrons. The van der Waals surface area contributed by atoms with Crippen molar-refractivity contribution in [2.24, 2.45) is 0 Å². The fraction of sp³-hybridized carbons (Fsp3) is 0.727. The number of ketones is 1. The Hall–Kier alpha value is -5.79. The van der Waals surface area contributed by atoms with E-state index in [1.807, 2.05) is 76.9 Å². The minimum absolute atomic E-state index is 0.0255. The van der Waals surface area contributed by atoms with Gasteiger partial charge in [-0.2, -0.15) is 4.98 Å². The summed E-state index contributed by atoms with van der Waals surface area (Å²) in [6.07, 6.45) is 10.1. The van der Waals surface area contributed by atoms with Crippen molar-refractivity contribution >= 4 is 52.7 Å². The van der Waals surface area contributed by atoms with Crippen LogP contribution in [0.3, 0.4) is 0 Å². The maximum absolute atomic E-state index is 13.4. The van der Waals surface area contributed by atoms with Gasteiger partial charge in [-0.3, -0.25) is 9.48 Å². The molecule has 75 heavy (non-hydrogen) atoms. The number of ether oxygens (including phenoxy) is 4. The molecule has 3 heterocycles. The largest absolute Gasteiger partial charge is 0.458 e. The number of rotatable bonds is 23. The van der Waals surface area contributed by atoms with Gasteiger partial charge in [0.2, 0.25) is 5.95 Å². The van der Waals surface area contributed by atoms with E-state index in [0.717, 1.165) is 74.9 Å². The summed E-state index contributed by atoms with van der Waals surface area (Å²) >= 11 is 0. The van der Waals surface area contributed by atoms with Crippen molar-refractivity contribution in [2.45, 2.75) is 220 Å². The number of amides is 3. The van der Waals surface area contributed by atoms with E-state index < -0.39 is 40.5 Å². The fourth-order valence-corrected chi connectivity index (χ4v) is 9.07. The lowest BCUT2D eigenvalue weighted by Gasteiger charge is -2.36. The van der Waals surface area contributed by atoms with Crippen molar-refractivity contribution < 1.29 is 42.9 Å². The van der Waals surface area contributed by atoms with E-state index in [4.69, 9.17) is 28.9 Å². The third kappa shape index (κ3) is 22.1. The van der Waals surface area contributed by atoms with Crippen LogP contribution >= 0.6 is 0 Å². The van der Waals surface area contributed by atoms with Crippen molar-refractivity contribution in [2.75, 3.05) is 49.9 Å². The number of nitrogens with zero attached hydrogens (tertiary/aromatic N) is 8. The average Bonchev–Trinajstić information content (AvgIpc) is 3.76. The second-order valence-electron chi connectivity index (χ2n) is 24.1. The van der Waals surface area contributed by atoms with Gasteiger partial charge in [-0.25, -0.2) is 24.2 Å². The topological polar surface area (TPSA) is 225 Å². The number of likely N-dealkylation sites (tertiary alicyclic amines) is 1. The Morgan fingerprint density at radius 3 is 2.01 bits per heavy atom. The number of fused-ring (bicyclic) bond motifs is 1. The molecule has 5 rings (SSSR count). The van der Waals surface area contributed by atoms with Gasteiger partial charge in [0.25, 0.3) is 0 Å². The zero-order valence-corrected chi connectivity index (χ0v) is 47.2. The number of benzene rings is 1. The number of carbonyl (C=O) groups excluding carboxylic acids is 5. The molecule has 1 aliphatic heterocycles. The Balaban J connectivity index is 1.08. The van der Waals surface area contributed by atoms with Crippen LogP contribution in [0.5, 0.6) is 0 Å². The molecule has 20 nitrogen and oxygen atoms in total. The van der Waals surface area contributed by atoms with Crippen LogP contribution in [-0.2, 0) is 41.6 Å². The maximum Gasteiger partial charge on any atom is 0.410 e. The normalized spacial score (nSPS) is 15.7. The first-order chi connectivity index (χ1) is 35.2. The first kappa shape index (κ1) is 60.1. The standard InChI is InChI=1S/C55H89N11O9/c1-52(2,3)72-47(68)45(59-49(69)73-53(4,5)6)27-26-42(67)23-18-30-63-35-28-39(29-36-63)57-46-43-24-16-17-25-44(43)58-48(60-46)56-37-40-38-65(62-61-40)33-19-31-64(50(70)74-54(7,8)9)32-20-34-66(41-21-14-13-15-22-41)51(71)75-55(10,11)12/h16-17,24-25,38-39,41,45H,13-15,18-23,26-37H2,1-12H3,(H,59,69)(H2,56,57,58,60)/t45-/m0/s1. The zero-order valence-electron chi connectivity index (χ0n) is 47.2. The number of carbonyl (C=O) groups is 5. The summed E-state index contributed by atoms with van der Waals surface area (Å²) in [4.78, 5) is 80.8. The number of hydrogen-bond acceptors (Lipinski definition) is 16. The zero-order chi connectivity index (χ0) is 55.0. The van der Waals surface area contributed by atoms with Gasteiger partial charge in [0.05, 0.1) is 18.3 Å². The molecule has 3 N–H and O–H groups in total. The molecule has 0 spiro atoms. The van der Waals surface area contributed by atoms with E-state index in [0.29, 0.717) is 70.0 Å². The van der Waals surface area contributed by atoms with Crippen LogP contribution in [0.25, 0.3) is 10.9 Å². The van der Waals surface area contributed by atoms with Crippen LogP contribution in [0.4, 0.5) is 26.1 Å². The van der Waals surface area contributed by atoms with Gasteiger partial charge in [-0.1, -0.05) is 36.6 Å². The molecule has 2 aliphatic rings. The average molecular weight is 1050 g/mol. The Bertz CT molecular complexity index is 2320. The summed E-state index contributed by atoms with van der Waals surface area (Å²) in [6, 6.07) is 7.25. The highest BCUT2D eigenvalue weighted by atomic mass is 16.6. The third-order valence-electron chi connectivity index (χ3n) is 12.5. The Morgan fingerprint density at radius 1 is 0.707 bits per heavy atom. The molecule has 0 unspecified atom stereocenters. The number of alkyl carbamates (subject to hydrolysis) is 1. The maximum atomic E-state index is 13.4. The Kier molecular flexibility index (Phi) is 21.9. The summed E-state index contributed by atoms with van der Waals surface area (Å²) in [7, 11) is 0. The van der Waals surface area contributed by atoms with Crippen molar-refractivity contribution in [3.63, 3.8) is 0 Å². The van der Waals surface area contributed by atoms with E-state index >= 15 is 0 Å². The van der Waals surface area contributed by atoms with Crippen LogP contribution in [0, 0.1) is 0 Å². The van der Waals surface area contributed by atoms with Gasteiger partial charge in [0, 0.05) is 69.6 Å². The van der Waals surface area contributed by atoms with Crippen LogP contribution in [0.2, 0.25) is 0 Å². The lowest BCUT2D eigenvalue weighted by Crippen LogP contribution is -2.46. The van der Waals surface area contributed by atoms with Gasteiger partial charge >= 0.3 is 24.2 Å². The molecular weight excluding hydrogens is 959 g/mol. The molecule has 0 radical (unpaired) electrons. The molecule has 20 heteroatoms. The second kappa shape index (κ2) is 27.3. The number of para-hydroxylation sites is 1. The van der Waals surface area contributed by atoms with E-state index in [1.54, 1.807) is 51.1 Å². The smallest absolute Gasteiger partial charge is 0.410 e. The van der Waals surface area contributed by atoms with Crippen molar-refractivity contribution in [3.8, 4) is 0 Å². The first-order valence-corrected chi connectivity index (χ1v) is 27.3. The highest BCUT2D eigenvalue weighted by Gasteiger charge is 2.32. The second-order valence-corrected chi connectivity index (χ2v) is 24.1. The van der Waals surface area contributed by atoms with Crippen LogP contribution in [0.1, 0.15) is 172 Å². The van der Waals surface area contributed by atoms with Gasteiger partial charge < -0.3 is 49.6 Å². The monoisotopic (exact) mass is 1050 g/mol. The van der Waals surface area contributed by atoms with Crippen LogP contribution in [-0.4, -0.2) is 149 Å². The molecular formula is C55H89N11O9. The summed E-state index contributed by atoms with van der Waals surface area (Å²) in [5.41, 5.74) is -1.22. The minimum atomic E-state index is -0.995. The van der Waals surface area contributed by atoms with Crippen molar-refractivity contribution in [3.05, 3.63) is 36.2 Å². The van der Waals surface area contributed by atoms with Gasteiger partial charge in [0.15, 0.2) is 0 Å². The first-order valence-electron chi connectivity index (χ1n) is 27.3. The molecule has 1 saturated heterocycles. The van der Waals surface area contributed by atoms with E-state index in [1.165, 1.54) is 6.42 Å². The van der Waals surface area contributed by atoms with Gasteiger partial charge in [-0.15, -0.1) is 5.10 Å². The van der Waals surface area contributed by atoms with Gasteiger partial charge in [-0.05, 0) is 153 Å². The van der Waals surface area contributed by atoms with E-state index in [9.17, 15) is 24.0 Å². The molecule has 3 aromatic rings. The number of aromatic nitrogens is 5. The summed E-state index contributed by atoms with van der Waals surface area (Å²) < 4.78 is 24.2. The number of hydrogen-bond donors (Lipinski definition) is 3. The van der Waals surface area contributed by atoms with E-state index in [-0.39, 0.29) is 42.9 Å². The number of piperidine rings is 1. The molecule has 1 aromatic carbocycles. The number of aryl methyl sites for hydroxylation is 1. The summed E-state index contributed by atoms with van der Waals surface area (Å²) in [5.74, 6) is 0.646. The van der Waals surface area contributed by atoms with E-state index in [2.05, 4.69) is 31.2 Å². The molecule has 2 fully saturated rings. The molecule has 1 saturated carbocycles. The molecule has 1 atom stereocenters. The van der Waals surface area contributed by atoms with Gasteiger partial charge in [0.1, 0.15) is 45.7 Å². The third-order valence-corrected chi connectivity index (χ3v) is 12.5. The predicted molar refractivity (Wildman–Crippen MR) is 289 cm³/mol. The lowest BCUT2D eigenvalue weighted by atomic mass is 9.94. The number of Topliss-reactive ketones (excluding diaryl/α,β-unsaturated/α-hetero) is 1.